The number of piperidine rings is 1. The van der Waals surface area contributed by atoms with Gasteiger partial charge in [0.1, 0.15) is 11.8 Å². The zero-order valence-corrected chi connectivity index (χ0v) is 20.7. The minimum absolute atomic E-state index is 0.00406. The molecule has 3 rings (SSSR count). The molecule has 35 heavy (non-hydrogen) atoms. The van der Waals surface area contributed by atoms with Gasteiger partial charge in [-0.3, -0.25) is 14.4 Å². The minimum atomic E-state index is -0.692. The Hall–Kier alpha value is -3.39. The van der Waals surface area contributed by atoms with E-state index in [0.29, 0.717) is 62.4 Å². The highest BCUT2D eigenvalue weighted by atomic mass is 16.5. The van der Waals surface area contributed by atoms with Gasteiger partial charge in [0, 0.05) is 44.5 Å². The highest BCUT2D eigenvalue weighted by Gasteiger charge is 2.34. The molecule has 2 aromatic carbocycles. The van der Waals surface area contributed by atoms with Crippen LogP contribution in [-0.2, 0) is 9.53 Å². The molecule has 0 radical (unpaired) electrons. The Morgan fingerprint density at radius 2 is 1.71 bits per heavy atom. The number of nitrogens with zero attached hydrogens (tertiary/aromatic N) is 1. The Kier molecular flexibility index (Phi) is 9.66. The van der Waals surface area contributed by atoms with Crippen LogP contribution in [0.5, 0.6) is 5.75 Å². The van der Waals surface area contributed by atoms with E-state index >= 15 is 0 Å². The molecule has 188 valence electrons. The van der Waals surface area contributed by atoms with Crippen LogP contribution in [0.25, 0.3) is 0 Å². The fourth-order valence-corrected chi connectivity index (χ4v) is 4.32. The standard InChI is InChI=1S/C27H35N3O5/c1-19-7-4-5-8-23(19)27(33)30-16-13-20(14-17-30)24(26(32)28-15-6-18-34-2)29-25(31)21-9-11-22(35-3)12-10-21/h4-5,7-12,20,24H,6,13-18H2,1-3H3,(H,28,32)(H,29,31)/t24-/m0/s1. The summed E-state index contributed by atoms with van der Waals surface area (Å²) in [4.78, 5) is 40.9. The predicted octanol–water partition coefficient (Wildman–Crippen LogP) is 2.81. The van der Waals surface area contributed by atoms with Crippen molar-refractivity contribution in [3.05, 3.63) is 65.2 Å². The zero-order valence-electron chi connectivity index (χ0n) is 20.7. The van der Waals surface area contributed by atoms with Crippen molar-refractivity contribution in [1.82, 2.24) is 15.5 Å². The van der Waals surface area contributed by atoms with Crippen molar-refractivity contribution in [1.29, 1.82) is 0 Å². The maximum Gasteiger partial charge on any atom is 0.254 e. The summed E-state index contributed by atoms with van der Waals surface area (Å²) in [5.74, 6) is 0.0411. The summed E-state index contributed by atoms with van der Waals surface area (Å²) in [6.07, 6.45) is 1.93. The lowest BCUT2D eigenvalue weighted by atomic mass is 9.88. The Bertz CT molecular complexity index is 1000. The highest BCUT2D eigenvalue weighted by molar-refractivity contribution is 5.98. The van der Waals surface area contributed by atoms with Gasteiger partial charge in [-0.2, -0.15) is 0 Å². The van der Waals surface area contributed by atoms with Crippen molar-refractivity contribution < 1.29 is 23.9 Å². The molecule has 0 aliphatic carbocycles. The van der Waals surface area contributed by atoms with E-state index in [-0.39, 0.29) is 23.6 Å². The third kappa shape index (κ3) is 7.05. The number of carbonyl (C=O) groups excluding carboxylic acids is 3. The molecule has 0 spiro atoms. The van der Waals surface area contributed by atoms with Crippen molar-refractivity contribution in [3.8, 4) is 5.75 Å². The van der Waals surface area contributed by atoms with Crippen molar-refractivity contribution in [2.45, 2.75) is 32.2 Å². The van der Waals surface area contributed by atoms with Crippen LogP contribution in [-0.4, -0.2) is 69.1 Å². The summed E-state index contributed by atoms with van der Waals surface area (Å²) in [6.45, 7) is 4.00. The van der Waals surface area contributed by atoms with E-state index in [1.54, 1.807) is 38.5 Å². The Balaban J connectivity index is 1.67. The van der Waals surface area contributed by atoms with Crippen molar-refractivity contribution >= 4 is 17.7 Å². The number of nitrogens with one attached hydrogen (secondary N) is 2. The second-order valence-corrected chi connectivity index (χ2v) is 8.76. The van der Waals surface area contributed by atoms with E-state index in [0.717, 1.165) is 5.56 Å². The molecule has 8 heteroatoms. The lowest BCUT2D eigenvalue weighted by molar-refractivity contribution is -0.124. The quantitative estimate of drug-likeness (QED) is 0.509. The number of rotatable bonds is 10. The molecular weight excluding hydrogens is 446 g/mol. The fourth-order valence-electron chi connectivity index (χ4n) is 4.32. The van der Waals surface area contributed by atoms with Crippen LogP contribution < -0.4 is 15.4 Å². The van der Waals surface area contributed by atoms with Gasteiger partial charge in [-0.15, -0.1) is 0 Å². The van der Waals surface area contributed by atoms with E-state index in [1.807, 2.05) is 36.1 Å². The van der Waals surface area contributed by atoms with E-state index in [9.17, 15) is 14.4 Å². The Morgan fingerprint density at radius 3 is 2.34 bits per heavy atom. The van der Waals surface area contributed by atoms with Gasteiger partial charge in [-0.05, 0) is 68.0 Å². The van der Waals surface area contributed by atoms with Crippen LogP contribution in [0.1, 0.15) is 45.5 Å². The molecule has 1 atom stereocenters. The second kappa shape index (κ2) is 12.9. The molecule has 0 bridgehead atoms. The molecule has 1 aliphatic rings. The highest BCUT2D eigenvalue weighted by Crippen LogP contribution is 2.24. The van der Waals surface area contributed by atoms with Crippen molar-refractivity contribution in [3.63, 3.8) is 0 Å². The summed E-state index contributed by atoms with van der Waals surface area (Å²) in [7, 11) is 3.18. The second-order valence-electron chi connectivity index (χ2n) is 8.76. The van der Waals surface area contributed by atoms with Crippen molar-refractivity contribution in [2.75, 3.05) is 40.5 Å². The van der Waals surface area contributed by atoms with Crippen LogP contribution in [0.2, 0.25) is 0 Å². The largest absolute Gasteiger partial charge is 0.497 e. The normalized spacial score (nSPS) is 14.8. The molecule has 2 aromatic rings. The number of methoxy groups -OCH3 is 2. The number of aryl methyl sites for hydroxylation is 1. The fraction of sp³-hybridized carbons (Fsp3) is 0.444. The maximum absolute atomic E-state index is 13.1. The smallest absolute Gasteiger partial charge is 0.254 e. The van der Waals surface area contributed by atoms with E-state index in [1.165, 1.54) is 0 Å². The zero-order chi connectivity index (χ0) is 25.2. The van der Waals surface area contributed by atoms with Gasteiger partial charge < -0.3 is 25.0 Å². The van der Waals surface area contributed by atoms with Crippen LogP contribution in [0.4, 0.5) is 0 Å². The summed E-state index contributed by atoms with van der Waals surface area (Å²) in [6, 6.07) is 13.6. The maximum atomic E-state index is 13.1. The summed E-state index contributed by atoms with van der Waals surface area (Å²) in [5.41, 5.74) is 2.10. The van der Waals surface area contributed by atoms with Gasteiger partial charge in [0.25, 0.3) is 11.8 Å². The molecule has 1 fully saturated rings. The number of likely N-dealkylation sites (tertiary alicyclic amines) is 1. The van der Waals surface area contributed by atoms with E-state index in [2.05, 4.69) is 10.6 Å². The average Bonchev–Trinajstić information content (AvgIpc) is 2.89. The molecule has 0 aromatic heterocycles. The number of carbonyl (C=O) groups is 3. The lowest BCUT2D eigenvalue weighted by Gasteiger charge is -2.36. The van der Waals surface area contributed by atoms with Crippen LogP contribution in [0.3, 0.4) is 0 Å². The summed E-state index contributed by atoms with van der Waals surface area (Å²) in [5, 5.41) is 5.86. The number of amides is 3. The predicted molar refractivity (Wildman–Crippen MR) is 134 cm³/mol. The van der Waals surface area contributed by atoms with Gasteiger partial charge in [0.05, 0.1) is 7.11 Å². The molecule has 3 amide bonds. The summed E-state index contributed by atoms with van der Waals surface area (Å²) >= 11 is 0. The van der Waals surface area contributed by atoms with Crippen molar-refractivity contribution in [2.24, 2.45) is 5.92 Å². The van der Waals surface area contributed by atoms with Gasteiger partial charge in [-0.25, -0.2) is 0 Å². The van der Waals surface area contributed by atoms with E-state index < -0.39 is 6.04 Å². The molecule has 0 saturated carbocycles. The molecule has 0 unspecified atom stereocenters. The Labute approximate surface area is 207 Å². The minimum Gasteiger partial charge on any atom is -0.497 e. The van der Waals surface area contributed by atoms with Crippen LogP contribution in [0, 0.1) is 12.8 Å². The monoisotopic (exact) mass is 481 g/mol. The SMILES string of the molecule is COCCCNC(=O)[C@@H](NC(=O)c1ccc(OC)cc1)C1CCN(C(=O)c2ccccc2C)CC1. The van der Waals surface area contributed by atoms with Gasteiger partial charge in [0.15, 0.2) is 0 Å². The first-order chi connectivity index (χ1) is 16.9. The van der Waals surface area contributed by atoms with Crippen LogP contribution >= 0.6 is 0 Å². The lowest BCUT2D eigenvalue weighted by Crippen LogP contribution is -2.54. The first kappa shape index (κ1) is 26.2. The molecule has 1 aliphatic heterocycles. The van der Waals surface area contributed by atoms with Gasteiger partial charge >= 0.3 is 0 Å². The number of benzene rings is 2. The number of hydrogen-bond acceptors (Lipinski definition) is 5. The van der Waals surface area contributed by atoms with E-state index in [4.69, 9.17) is 9.47 Å². The molecule has 1 saturated heterocycles. The number of ether oxygens (including phenoxy) is 2. The summed E-state index contributed by atoms with van der Waals surface area (Å²) < 4.78 is 10.2. The van der Waals surface area contributed by atoms with Crippen LogP contribution in [0.15, 0.2) is 48.5 Å². The third-order valence-corrected chi connectivity index (χ3v) is 6.42. The molecular formula is C27H35N3O5. The topological polar surface area (TPSA) is 97.0 Å². The Morgan fingerprint density at radius 1 is 1.03 bits per heavy atom. The van der Waals surface area contributed by atoms with Gasteiger partial charge in [-0.1, -0.05) is 18.2 Å². The molecule has 1 heterocycles. The van der Waals surface area contributed by atoms with Gasteiger partial charge in [0.2, 0.25) is 5.91 Å². The average molecular weight is 482 g/mol. The first-order valence-corrected chi connectivity index (χ1v) is 12.0. The molecule has 8 nitrogen and oxygen atoms in total. The number of hydrogen-bond donors (Lipinski definition) is 2. The first-order valence-electron chi connectivity index (χ1n) is 12.0. The molecule has 2 N–H and O–H groups in total. The third-order valence-electron chi connectivity index (χ3n) is 6.42.